The van der Waals surface area contributed by atoms with Crippen molar-refractivity contribution < 1.29 is 0 Å². The molecule has 1 rings (SSSR count). The zero-order valence-electron chi connectivity index (χ0n) is 14.7. The normalized spacial score (nSPS) is 12.0. The topological polar surface area (TPSA) is 28.2 Å². The van der Waals surface area contributed by atoms with Gasteiger partial charge in [0, 0.05) is 30.4 Å². The van der Waals surface area contributed by atoms with E-state index in [4.69, 9.17) is 4.98 Å². The molecule has 1 heterocycles. The maximum absolute atomic E-state index is 4.92. The minimum absolute atomic E-state index is 0.526. The zero-order chi connectivity index (χ0) is 15.8. The number of aromatic nitrogens is 1. The van der Waals surface area contributed by atoms with Gasteiger partial charge in [-0.05, 0) is 25.4 Å². The summed E-state index contributed by atoms with van der Waals surface area (Å²) < 4.78 is 0. The van der Waals surface area contributed by atoms with Crippen LogP contribution in [0.15, 0.2) is 0 Å². The Morgan fingerprint density at radius 2 is 1.81 bits per heavy atom. The van der Waals surface area contributed by atoms with Crippen LogP contribution in [0, 0.1) is 5.92 Å². The van der Waals surface area contributed by atoms with Gasteiger partial charge in [-0.2, -0.15) is 0 Å². The van der Waals surface area contributed by atoms with Crippen molar-refractivity contribution in [3.05, 3.63) is 15.6 Å². The first-order valence-corrected chi connectivity index (χ1v) is 9.21. The van der Waals surface area contributed by atoms with Crippen LogP contribution < -0.4 is 5.32 Å². The van der Waals surface area contributed by atoms with Crippen molar-refractivity contribution in [3.8, 4) is 0 Å². The summed E-state index contributed by atoms with van der Waals surface area (Å²) in [7, 11) is 0. The van der Waals surface area contributed by atoms with Crippen LogP contribution in [0.1, 0.15) is 57.1 Å². The van der Waals surface area contributed by atoms with Crippen LogP contribution in [0.4, 0.5) is 0 Å². The fraction of sp³-hybridized carbons (Fsp3) is 0.824. The third kappa shape index (κ3) is 6.90. The second kappa shape index (κ2) is 9.54. The van der Waals surface area contributed by atoms with Crippen molar-refractivity contribution in [2.45, 2.75) is 67.0 Å². The average Bonchev–Trinajstić information content (AvgIpc) is 2.79. The lowest BCUT2D eigenvalue weighted by atomic mass is 10.1. The Kier molecular flexibility index (Phi) is 8.45. The highest BCUT2D eigenvalue weighted by molar-refractivity contribution is 7.11. The lowest BCUT2D eigenvalue weighted by Gasteiger charge is -2.16. The van der Waals surface area contributed by atoms with Gasteiger partial charge in [0.15, 0.2) is 0 Å². The molecule has 1 N–H and O–H groups in total. The maximum Gasteiger partial charge on any atom is 0.0944 e. The molecule has 0 aromatic carbocycles. The largest absolute Gasteiger partial charge is 0.310 e. The second-order valence-electron chi connectivity index (χ2n) is 6.39. The Balaban J connectivity index is 2.71. The monoisotopic (exact) mass is 311 g/mol. The number of likely N-dealkylation sites (N-methyl/N-ethyl adjacent to an activating group) is 1. The van der Waals surface area contributed by atoms with Crippen molar-refractivity contribution in [1.29, 1.82) is 0 Å². The number of hydrogen-bond acceptors (Lipinski definition) is 4. The number of thiazole rings is 1. The summed E-state index contributed by atoms with van der Waals surface area (Å²) in [4.78, 5) is 8.83. The minimum atomic E-state index is 0.526. The first-order chi connectivity index (χ1) is 9.96. The van der Waals surface area contributed by atoms with Crippen molar-refractivity contribution in [2.75, 3.05) is 19.6 Å². The Morgan fingerprint density at radius 3 is 2.33 bits per heavy atom. The molecule has 0 saturated heterocycles. The van der Waals surface area contributed by atoms with Crippen LogP contribution in [0.2, 0.25) is 0 Å². The summed E-state index contributed by atoms with van der Waals surface area (Å²) in [5.41, 5.74) is 1.32. The average molecular weight is 312 g/mol. The fourth-order valence-corrected chi connectivity index (χ4v) is 3.35. The molecule has 0 atom stereocenters. The highest BCUT2D eigenvalue weighted by Crippen LogP contribution is 2.22. The van der Waals surface area contributed by atoms with Crippen LogP contribution >= 0.6 is 11.3 Å². The Hall–Kier alpha value is -0.450. The van der Waals surface area contributed by atoms with Gasteiger partial charge in [0.25, 0.3) is 0 Å². The molecule has 21 heavy (non-hydrogen) atoms. The van der Waals surface area contributed by atoms with Crippen molar-refractivity contribution >= 4 is 11.3 Å². The van der Waals surface area contributed by atoms with E-state index in [0.29, 0.717) is 12.0 Å². The number of hydrogen-bond donors (Lipinski definition) is 1. The summed E-state index contributed by atoms with van der Waals surface area (Å²) in [6.45, 7) is 17.7. The molecule has 0 aliphatic heterocycles. The number of rotatable bonds is 10. The van der Waals surface area contributed by atoms with Gasteiger partial charge in [-0.1, -0.05) is 41.5 Å². The molecule has 0 radical (unpaired) electrons. The lowest BCUT2D eigenvalue weighted by molar-refractivity contribution is 0.308. The van der Waals surface area contributed by atoms with E-state index in [1.54, 1.807) is 0 Å². The fourth-order valence-electron chi connectivity index (χ4n) is 2.32. The van der Waals surface area contributed by atoms with E-state index in [2.05, 4.69) is 51.8 Å². The first kappa shape index (κ1) is 18.6. The standard InChI is InChI=1S/C17H33N3S/c1-7-20(8-2)10-9-17-19-15(11-13(3)4)16(21-17)12-18-14(5)6/h13-14,18H,7-12H2,1-6H3. The van der Waals surface area contributed by atoms with Crippen LogP contribution in [0.3, 0.4) is 0 Å². The van der Waals surface area contributed by atoms with E-state index in [-0.39, 0.29) is 0 Å². The predicted octanol–water partition coefficient (Wildman–Crippen LogP) is 3.72. The van der Waals surface area contributed by atoms with Gasteiger partial charge in [-0.3, -0.25) is 0 Å². The summed E-state index contributed by atoms with van der Waals surface area (Å²) in [5, 5.41) is 4.84. The highest BCUT2D eigenvalue weighted by Gasteiger charge is 2.13. The summed E-state index contributed by atoms with van der Waals surface area (Å²) in [5.74, 6) is 0.667. The molecule has 0 saturated carbocycles. The van der Waals surface area contributed by atoms with Gasteiger partial charge in [0.2, 0.25) is 0 Å². The number of nitrogens with zero attached hydrogens (tertiary/aromatic N) is 2. The van der Waals surface area contributed by atoms with E-state index in [1.165, 1.54) is 15.6 Å². The van der Waals surface area contributed by atoms with Gasteiger partial charge >= 0.3 is 0 Å². The molecule has 1 aromatic heterocycles. The quantitative estimate of drug-likeness (QED) is 0.714. The SMILES string of the molecule is CCN(CC)CCc1nc(CC(C)C)c(CNC(C)C)s1. The van der Waals surface area contributed by atoms with E-state index < -0.39 is 0 Å². The predicted molar refractivity (Wildman–Crippen MR) is 94.1 cm³/mol. The van der Waals surface area contributed by atoms with Gasteiger partial charge in [-0.15, -0.1) is 11.3 Å². The molecule has 1 aromatic rings. The molecule has 0 bridgehead atoms. The van der Waals surface area contributed by atoms with E-state index >= 15 is 0 Å². The summed E-state index contributed by atoms with van der Waals surface area (Å²) in [6.07, 6.45) is 2.18. The molecular formula is C17H33N3S. The van der Waals surface area contributed by atoms with Crippen LogP contribution in [0.5, 0.6) is 0 Å². The zero-order valence-corrected chi connectivity index (χ0v) is 15.5. The van der Waals surface area contributed by atoms with E-state index in [9.17, 15) is 0 Å². The second-order valence-corrected chi connectivity index (χ2v) is 7.56. The van der Waals surface area contributed by atoms with E-state index in [0.717, 1.165) is 39.0 Å². The van der Waals surface area contributed by atoms with Gasteiger partial charge in [0.05, 0.1) is 10.7 Å². The molecule has 0 aliphatic carbocycles. The van der Waals surface area contributed by atoms with Crippen LogP contribution in [0.25, 0.3) is 0 Å². The molecule has 0 fully saturated rings. The minimum Gasteiger partial charge on any atom is -0.310 e. The molecule has 3 nitrogen and oxygen atoms in total. The van der Waals surface area contributed by atoms with Gasteiger partial charge < -0.3 is 10.2 Å². The van der Waals surface area contributed by atoms with Crippen molar-refractivity contribution in [2.24, 2.45) is 5.92 Å². The lowest BCUT2D eigenvalue weighted by Crippen LogP contribution is -2.25. The van der Waals surface area contributed by atoms with Gasteiger partial charge in [0.1, 0.15) is 0 Å². The van der Waals surface area contributed by atoms with Gasteiger partial charge in [-0.25, -0.2) is 4.98 Å². The van der Waals surface area contributed by atoms with Crippen LogP contribution in [-0.4, -0.2) is 35.6 Å². The smallest absolute Gasteiger partial charge is 0.0944 e. The molecular weight excluding hydrogens is 278 g/mol. The first-order valence-electron chi connectivity index (χ1n) is 8.39. The maximum atomic E-state index is 4.92. The molecule has 0 spiro atoms. The third-order valence-electron chi connectivity index (χ3n) is 3.63. The van der Waals surface area contributed by atoms with E-state index in [1.807, 2.05) is 11.3 Å². The summed E-state index contributed by atoms with van der Waals surface area (Å²) in [6, 6.07) is 0.526. The van der Waals surface area contributed by atoms with Crippen LogP contribution in [-0.2, 0) is 19.4 Å². The molecule has 0 aliphatic rings. The molecule has 0 amide bonds. The van der Waals surface area contributed by atoms with Crippen molar-refractivity contribution in [1.82, 2.24) is 15.2 Å². The molecule has 0 unspecified atom stereocenters. The Labute approximate surface area is 135 Å². The number of nitrogens with one attached hydrogen (secondary N) is 1. The highest BCUT2D eigenvalue weighted by atomic mass is 32.1. The Bertz CT molecular complexity index is 395. The third-order valence-corrected chi connectivity index (χ3v) is 4.79. The summed E-state index contributed by atoms with van der Waals surface area (Å²) >= 11 is 1.91. The molecule has 122 valence electrons. The van der Waals surface area contributed by atoms with Crippen molar-refractivity contribution in [3.63, 3.8) is 0 Å². The Morgan fingerprint density at radius 1 is 1.14 bits per heavy atom. The molecule has 4 heteroatoms.